The largest absolute Gasteiger partial charge is 0.482 e. The first-order valence-electron chi connectivity index (χ1n) is 9.69. The van der Waals surface area contributed by atoms with Gasteiger partial charge >= 0.3 is 5.97 Å². The quantitative estimate of drug-likeness (QED) is 0.528. The van der Waals surface area contributed by atoms with E-state index in [4.69, 9.17) is 4.74 Å². The topological polar surface area (TPSA) is 77.5 Å². The van der Waals surface area contributed by atoms with Crippen LogP contribution in [0.4, 0.5) is 5.69 Å². The molecule has 0 aliphatic carbocycles. The molecule has 0 unspecified atom stereocenters. The van der Waals surface area contributed by atoms with E-state index in [0.29, 0.717) is 22.0 Å². The van der Waals surface area contributed by atoms with Crippen molar-refractivity contribution < 1.29 is 19.1 Å². The molecular formula is C24H24N2O4S. The molecule has 31 heavy (non-hydrogen) atoms. The molecule has 0 saturated heterocycles. The van der Waals surface area contributed by atoms with Gasteiger partial charge in [-0.3, -0.25) is 4.79 Å². The van der Waals surface area contributed by atoms with Crippen molar-refractivity contribution >= 4 is 29.3 Å². The summed E-state index contributed by atoms with van der Waals surface area (Å²) in [6.45, 7) is 5.81. The fourth-order valence-electron chi connectivity index (χ4n) is 2.79. The van der Waals surface area contributed by atoms with E-state index in [-0.39, 0.29) is 12.5 Å². The van der Waals surface area contributed by atoms with E-state index in [1.54, 1.807) is 36.5 Å². The molecule has 2 aromatic carbocycles. The summed E-state index contributed by atoms with van der Waals surface area (Å²) in [4.78, 5) is 29.6. The number of hydrogen-bond acceptors (Lipinski definition) is 6. The molecular weight excluding hydrogens is 412 g/mol. The lowest BCUT2D eigenvalue weighted by molar-refractivity contribution is -0.142. The van der Waals surface area contributed by atoms with Gasteiger partial charge in [0, 0.05) is 16.8 Å². The van der Waals surface area contributed by atoms with Crippen molar-refractivity contribution in [2.45, 2.75) is 30.7 Å². The molecule has 7 heteroatoms. The Morgan fingerprint density at radius 1 is 1.00 bits per heavy atom. The second kappa shape index (κ2) is 10.1. The predicted molar refractivity (Wildman–Crippen MR) is 121 cm³/mol. The molecule has 0 aliphatic heterocycles. The molecule has 0 bridgehead atoms. The number of esters is 1. The highest BCUT2D eigenvalue weighted by Gasteiger charge is 2.15. The van der Waals surface area contributed by atoms with Crippen molar-refractivity contribution in [2.24, 2.45) is 0 Å². The molecule has 6 nitrogen and oxygen atoms in total. The number of aryl methyl sites for hydroxylation is 3. The third kappa shape index (κ3) is 5.86. The van der Waals surface area contributed by atoms with Crippen LogP contribution < -0.4 is 10.1 Å². The van der Waals surface area contributed by atoms with Crippen LogP contribution in [0.1, 0.15) is 27.0 Å². The normalized spacial score (nSPS) is 10.5. The molecule has 1 amide bonds. The molecule has 1 heterocycles. The van der Waals surface area contributed by atoms with Crippen molar-refractivity contribution in [1.82, 2.24) is 4.98 Å². The van der Waals surface area contributed by atoms with Crippen LogP contribution in [-0.2, 0) is 9.53 Å². The number of rotatable bonds is 7. The number of aromatic nitrogens is 1. The van der Waals surface area contributed by atoms with Crippen molar-refractivity contribution in [3.8, 4) is 5.75 Å². The van der Waals surface area contributed by atoms with Gasteiger partial charge < -0.3 is 14.8 Å². The van der Waals surface area contributed by atoms with Gasteiger partial charge in [0.2, 0.25) is 0 Å². The summed E-state index contributed by atoms with van der Waals surface area (Å²) in [7, 11) is 1.31. The van der Waals surface area contributed by atoms with Gasteiger partial charge in [-0.1, -0.05) is 17.8 Å². The van der Waals surface area contributed by atoms with Crippen LogP contribution in [0.25, 0.3) is 0 Å². The Morgan fingerprint density at radius 2 is 1.81 bits per heavy atom. The van der Waals surface area contributed by atoms with E-state index in [2.05, 4.69) is 41.0 Å². The monoisotopic (exact) mass is 436 g/mol. The maximum absolute atomic E-state index is 13.0. The summed E-state index contributed by atoms with van der Waals surface area (Å²) >= 11 is 1.46. The minimum Gasteiger partial charge on any atom is -0.482 e. The molecule has 160 valence electrons. The van der Waals surface area contributed by atoms with Gasteiger partial charge in [-0.2, -0.15) is 0 Å². The zero-order chi connectivity index (χ0) is 22.4. The van der Waals surface area contributed by atoms with Crippen molar-refractivity contribution in [2.75, 3.05) is 19.0 Å². The fourth-order valence-corrected chi connectivity index (χ4v) is 3.77. The number of nitrogens with one attached hydrogen (secondary N) is 1. The second-order valence-corrected chi connectivity index (χ2v) is 8.06. The average Bonchev–Trinajstić information content (AvgIpc) is 2.76. The van der Waals surface area contributed by atoms with Crippen LogP contribution in [-0.4, -0.2) is 30.6 Å². The summed E-state index contributed by atoms with van der Waals surface area (Å²) in [5.74, 6) is -0.181. The lowest BCUT2D eigenvalue weighted by Gasteiger charge is -2.13. The Balaban J connectivity index is 1.75. The fraction of sp³-hybridized carbons (Fsp3) is 0.208. The molecule has 0 saturated carbocycles. The summed E-state index contributed by atoms with van der Waals surface area (Å²) < 4.78 is 9.95. The van der Waals surface area contributed by atoms with Crippen LogP contribution in [0.2, 0.25) is 0 Å². The Morgan fingerprint density at radius 3 is 2.52 bits per heavy atom. The maximum Gasteiger partial charge on any atom is 0.343 e. The zero-order valence-electron chi connectivity index (χ0n) is 17.9. The molecule has 3 aromatic rings. The number of methoxy groups -OCH3 is 1. The van der Waals surface area contributed by atoms with Crippen LogP contribution >= 0.6 is 11.8 Å². The number of ether oxygens (including phenoxy) is 2. The first kappa shape index (κ1) is 22.4. The lowest BCUT2D eigenvalue weighted by atomic mass is 10.1. The van der Waals surface area contributed by atoms with Gasteiger partial charge in [0.1, 0.15) is 10.8 Å². The molecule has 0 spiro atoms. The Hall–Kier alpha value is -3.32. The highest BCUT2D eigenvalue weighted by Crippen LogP contribution is 2.31. The molecule has 1 N–H and O–H groups in total. The number of pyridine rings is 1. The van der Waals surface area contributed by atoms with Crippen LogP contribution in [0, 0.1) is 20.8 Å². The third-order valence-corrected chi connectivity index (χ3v) is 5.75. The van der Waals surface area contributed by atoms with Crippen LogP contribution in [0.15, 0.2) is 64.6 Å². The van der Waals surface area contributed by atoms with E-state index < -0.39 is 5.97 Å². The van der Waals surface area contributed by atoms with Gasteiger partial charge in [-0.05, 0) is 79.9 Å². The highest BCUT2D eigenvalue weighted by atomic mass is 32.2. The van der Waals surface area contributed by atoms with E-state index in [1.165, 1.54) is 30.0 Å². The standard InChI is InChI=1S/C24H24N2O4S/c1-15-7-9-19(13-16(15)2)31-24-20(6-5-11-25-24)23(28)26-21-10-8-18(12-17(21)3)30-14-22(27)29-4/h5-13H,14H2,1-4H3,(H,26,28). The first-order valence-corrected chi connectivity index (χ1v) is 10.5. The third-order valence-electron chi connectivity index (χ3n) is 4.74. The molecule has 1 aromatic heterocycles. The lowest BCUT2D eigenvalue weighted by Crippen LogP contribution is -2.15. The Kier molecular flexibility index (Phi) is 7.31. The number of anilines is 1. The number of amides is 1. The van der Waals surface area contributed by atoms with Gasteiger partial charge in [0.15, 0.2) is 6.61 Å². The van der Waals surface area contributed by atoms with Gasteiger partial charge in [-0.15, -0.1) is 0 Å². The first-order chi connectivity index (χ1) is 14.9. The molecule has 0 atom stereocenters. The summed E-state index contributed by atoms with van der Waals surface area (Å²) in [5, 5.41) is 3.57. The summed E-state index contributed by atoms with van der Waals surface area (Å²) in [6.07, 6.45) is 1.68. The molecule has 0 radical (unpaired) electrons. The van der Waals surface area contributed by atoms with Crippen molar-refractivity contribution in [3.05, 3.63) is 77.0 Å². The summed E-state index contributed by atoms with van der Waals surface area (Å²) in [6, 6.07) is 14.9. The highest BCUT2D eigenvalue weighted by molar-refractivity contribution is 7.99. The second-order valence-electron chi connectivity index (χ2n) is 7.00. The molecule has 0 fully saturated rings. The minimum atomic E-state index is -0.458. The number of carbonyl (C=O) groups excluding carboxylic acids is 2. The summed E-state index contributed by atoms with van der Waals surface area (Å²) in [5.41, 5.74) is 4.37. The van der Waals surface area contributed by atoms with Crippen molar-refractivity contribution in [3.63, 3.8) is 0 Å². The SMILES string of the molecule is COC(=O)COc1ccc(NC(=O)c2cccnc2Sc2ccc(C)c(C)c2)c(C)c1. The number of carbonyl (C=O) groups is 2. The van der Waals surface area contributed by atoms with E-state index in [9.17, 15) is 9.59 Å². The maximum atomic E-state index is 13.0. The number of hydrogen-bond donors (Lipinski definition) is 1. The van der Waals surface area contributed by atoms with E-state index >= 15 is 0 Å². The Bertz CT molecular complexity index is 1110. The Labute approximate surface area is 186 Å². The number of benzene rings is 2. The van der Waals surface area contributed by atoms with Gasteiger partial charge in [-0.25, -0.2) is 9.78 Å². The zero-order valence-corrected chi connectivity index (χ0v) is 18.7. The smallest absolute Gasteiger partial charge is 0.343 e. The van der Waals surface area contributed by atoms with E-state index in [0.717, 1.165) is 10.5 Å². The van der Waals surface area contributed by atoms with Crippen molar-refractivity contribution in [1.29, 1.82) is 0 Å². The average molecular weight is 437 g/mol. The van der Waals surface area contributed by atoms with Gasteiger partial charge in [0.05, 0.1) is 12.7 Å². The predicted octanol–water partition coefficient (Wildman–Crippen LogP) is 4.96. The minimum absolute atomic E-state index is 0.170. The molecule has 3 rings (SSSR count). The van der Waals surface area contributed by atoms with Gasteiger partial charge in [0.25, 0.3) is 5.91 Å². The number of nitrogens with zero attached hydrogens (tertiary/aromatic N) is 1. The van der Waals surface area contributed by atoms with Crippen LogP contribution in [0.5, 0.6) is 5.75 Å². The van der Waals surface area contributed by atoms with E-state index in [1.807, 2.05) is 13.0 Å². The molecule has 0 aliphatic rings. The van der Waals surface area contributed by atoms with Crippen LogP contribution in [0.3, 0.4) is 0 Å².